The van der Waals surface area contributed by atoms with Crippen molar-refractivity contribution in [2.75, 3.05) is 5.75 Å². The molecule has 2 N–H and O–H groups in total. The normalized spacial score (nSPS) is 10.1. The maximum Gasteiger partial charge on any atom is 0.269 e. The second kappa shape index (κ2) is 7.80. The number of thioether (sulfide) groups is 1. The molecule has 7 heteroatoms. The SMILES string of the molecule is O=C(CSCc1cccs1)NNC(=O)c1ccc(F)cc1. The van der Waals surface area contributed by atoms with Gasteiger partial charge in [0.2, 0.25) is 5.91 Å². The van der Waals surface area contributed by atoms with Gasteiger partial charge in [0, 0.05) is 16.2 Å². The predicted octanol–water partition coefficient (Wildman–Crippen LogP) is 2.58. The zero-order valence-electron chi connectivity index (χ0n) is 11.0. The highest BCUT2D eigenvalue weighted by atomic mass is 32.2. The molecule has 0 bridgehead atoms. The monoisotopic (exact) mass is 324 g/mol. The summed E-state index contributed by atoms with van der Waals surface area (Å²) in [5.74, 6) is -0.169. The van der Waals surface area contributed by atoms with Gasteiger partial charge >= 0.3 is 0 Å². The molecule has 110 valence electrons. The minimum Gasteiger partial charge on any atom is -0.272 e. The highest BCUT2D eigenvalue weighted by Crippen LogP contribution is 2.16. The number of benzene rings is 1. The van der Waals surface area contributed by atoms with E-state index < -0.39 is 11.7 Å². The smallest absolute Gasteiger partial charge is 0.269 e. The topological polar surface area (TPSA) is 58.2 Å². The maximum absolute atomic E-state index is 12.7. The number of nitrogens with one attached hydrogen (secondary N) is 2. The molecule has 0 aliphatic rings. The maximum atomic E-state index is 12.7. The number of hydrogen-bond donors (Lipinski definition) is 2. The van der Waals surface area contributed by atoms with Crippen molar-refractivity contribution < 1.29 is 14.0 Å². The van der Waals surface area contributed by atoms with Gasteiger partial charge < -0.3 is 0 Å². The Bertz CT molecular complexity index is 600. The van der Waals surface area contributed by atoms with E-state index in [0.29, 0.717) is 0 Å². The van der Waals surface area contributed by atoms with Crippen LogP contribution >= 0.6 is 23.1 Å². The number of hydrazine groups is 1. The average molecular weight is 324 g/mol. The summed E-state index contributed by atoms with van der Waals surface area (Å²) in [6.07, 6.45) is 0. The molecule has 0 aliphatic heterocycles. The van der Waals surface area contributed by atoms with Crippen LogP contribution in [-0.2, 0) is 10.5 Å². The Hall–Kier alpha value is -1.86. The number of carbonyl (C=O) groups excluding carboxylic acids is 2. The second-order valence-electron chi connectivity index (χ2n) is 4.08. The minimum absolute atomic E-state index is 0.252. The summed E-state index contributed by atoms with van der Waals surface area (Å²) in [7, 11) is 0. The molecule has 0 radical (unpaired) electrons. The van der Waals surface area contributed by atoms with E-state index in [9.17, 15) is 14.0 Å². The van der Waals surface area contributed by atoms with Crippen molar-refractivity contribution in [3.8, 4) is 0 Å². The van der Waals surface area contributed by atoms with E-state index in [4.69, 9.17) is 0 Å². The summed E-state index contributed by atoms with van der Waals surface area (Å²) in [6.45, 7) is 0. The molecule has 0 fully saturated rings. The van der Waals surface area contributed by atoms with Crippen LogP contribution in [0.15, 0.2) is 41.8 Å². The predicted molar refractivity (Wildman–Crippen MR) is 82.5 cm³/mol. The number of carbonyl (C=O) groups is 2. The second-order valence-corrected chi connectivity index (χ2v) is 6.10. The molecule has 0 saturated heterocycles. The van der Waals surface area contributed by atoms with Gasteiger partial charge in [-0.25, -0.2) is 4.39 Å². The van der Waals surface area contributed by atoms with Gasteiger partial charge in [-0.05, 0) is 35.7 Å². The minimum atomic E-state index is -0.480. The van der Waals surface area contributed by atoms with Gasteiger partial charge in [0.1, 0.15) is 5.82 Å². The first-order valence-corrected chi connectivity index (χ1v) is 8.13. The van der Waals surface area contributed by atoms with Crippen LogP contribution in [0.2, 0.25) is 0 Å². The molecule has 0 aliphatic carbocycles. The quantitative estimate of drug-likeness (QED) is 0.831. The lowest BCUT2D eigenvalue weighted by molar-refractivity contribution is -0.119. The van der Waals surface area contributed by atoms with Crippen molar-refractivity contribution in [2.24, 2.45) is 0 Å². The van der Waals surface area contributed by atoms with Crippen LogP contribution in [0, 0.1) is 5.82 Å². The fourth-order valence-corrected chi connectivity index (χ4v) is 3.14. The van der Waals surface area contributed by atoms with Crippen LogP contribution < -0.4 is 10.9 Å². The Kier molecular flexibility index (Phi) is 5.77. The first-order valence-electron chi connectivity index (χ1n) is 6.10. The van der Waals surface area contributed by atoms with Crippen LogP contribution in [0.1, 0.15) is 15.2 Å². The van der Waals surface area contributed by atoms with Gasteiger partial charge in [0.25, 0.3) is 5.91 Å². The molecule has 2 rings (SSSR count). The van der Waals surface area contributed by atoms with E-state index in [1.165, 1.54) is 40.9 Å². The van der Waals surface area contributed by atoms with Crippen molar-refractivity contribution in [1.29, 1.82) is 0 Å². The van der Waals surface area contributed by atoms with Crippen LogP contribution in [0.4, 0.5) is 4.39 Å². The Morgan fingerprint density at radius 1 is 1.14 bits per heavy atom. The first kappa shape index (κ1) is 15.5. The largest absolute Gasteiger partial charge is 0.272 e. The van der Waals surface area contributed by atoms with Crippen molar-refractivity contribution in [3.05, 3.63) is 58.0 Å². The van der Waals surface area contributed by atoms with Crippen LogP contribution in [0.3, 0.4) is 0 Å². The first-order chi connectivity index (χ1) is 10.1. The van der Waals surface area contributed by atoms with E-state index in [0.717, 1.165) is 5.75 Å². The van der Waals surface area contributed by atoms with Gasteiger partial charge in [-0.3, -0.25) is 20.4 Å². The third-order valence-corrected chi connectivity index (χ3v) is 4.52. The Balaban J connectivity index is 1.68. The fraction of sp³-hybridized carbons (Fsp3) is 0.143. The molecule has 0 spiro atoms. The zero-order chi connectivity index (χ0) is 15.1. The van der Waals surface area contributed by atoms with Crippen molar-refractivity contribution in [2.45, 2.75) is 5.75 Å². The van der Waals surface area contributed by atoms with E-state index in [1.54, 1.807) is 11.3 Å². The van der Waals surface area contributed by atoms with E-state index in [1.807, 2.05) is 17.5 Å². The van der Waals surface area contributed by atoms with Gasteiger partial charge in [-0.2, -0.15) is 0 Å². The Morgan fingerprint density at radius 2 is 1.90 bits per heavy atom. The van der Waals surface area contributed by atoms with Crippen LogP contribution in [-0.4, -0.2) is 17.6 Å². The lowest BCUT2D eigenvalue weighted by atomic mass is 10.2. The molecule has 2 amide bonds. The standard InChI is InChI=1S/C14H13FN2O2S2/c15-11-5-3-10(4-6-11)14(19)17-16-13(18)9-20-8-12-2-1-7-21-12/h1-7H,8-9H2,(H,16,18)(H,17,19). The number of thiophene rings is 1. The summed E-state index contributed by atoms with van der Waals surface area (Å²) in [5, 5.41) is 1.99. The van der Waals surface area contributed by atoms with Gasteiger partial charge in [0.05, 0.1) is 5.75 Å². The number of halogens is 1. The summed E-state index contributed by atoms with van der Waals surface area (Å²) in [4.78, 5) is 24.4. The number of hydrogen-bond acceptors (Lipinski definition) is 4. The van der Waals surface area contributed by atoms with E-state index in [2.05, 4.69) is 10.9 Å². The fourth-order valence-electron chi connectivity index (χ4n) is 1.48. The molecule has 1 aromatic heterocycles. The number of amides is 2. The van der Waals surface area contributed by atoms with Crippen molar-refractivity contribution in [1.82, 2.24) is 10.9 Å². The van der Waals surface area contributed by atoms with Gasteiger partial charge in [-0.1, -0.05) is 6.07 Å². The molecule has 21 heavy (non-hydrogen) atoms. The van der Waals surface area contributed by atoms with Gasteiger partial charge in [0.15, 0.2) is 0 Å². The molecule has 1 heterocycles. The lowest BCUT2D eigenvalue weighted by Gasteiger charge is -2.07. The Labute approximate surface area is 129 Å². The molecule has 4 nitrogen and oxygen atoms in total. The molecule has 0 atom stereocenters. The molecule has 0 saturated carbocycles. The molecular formula is C14H13FN2O2S2. The molecule has 2 aromatic rings. The highest BCUT2D eigenvalue weighted by Gasteiger charge is 2.07. The van der Waals surface area contributed by atoms with E-state index >= 15 is 0 Å². The van der Waals surface area contributed by atoms with Crippen molar-refractivity contribution in [3.63, 3.8) is 0 Å². The van der Waals surface area contributed by atoms with Crippen molar-refractivity contribution >= 4 is 34.9 Å². The van der Waals surface area contributed by atoms with Crippen LogP contribution in [0.25, 0.3) is 0 Å². The third-order valence-electron chi connectivity index (χ3n) is 2.48. The zero-order valence-corrected chi connectivity index (χ0v) is 12.6. The number of rotatable bonds is 5. The molecule has 0 unspecified atom stereocenters. The highest BCUT2D eigenvalue weighted by molar-refractivity contribution is 7.99. The van der Waals surface area contributed by atoms with Crippen LogP contribution in [0.5, 0.6) is 0 Å². The Morgan fingerprint density at radius 3 is 2.57 bits per heavy atom. The summed E-state index contributed by atoms with van der Waals surface area (Å²) < 4.78 is 12.7. The average Bonchev–Trinajstić information content (AvgIpc) is 2.99. The molecule has 1 aromatic carbocycles. The summed E-state index contributed by atoms with van der Waals surface area (Å²) in [5.41, 5.74) is 4.90. The third kappa shape index (κ3) is 5.20. The van der Waals surface area contributed by atoms with E-state index in [-0.39, 0.29) is 17.2 Å². The lowest BCUT2D eigenvalue weighted by Crippen LogP contribution is -2.42. The molecular weight excluding hydrogens is 311 g/mol. The van der Waals surface area contributed by atoms with Gasteiger partial charge in [-0.15, -0.1) is 23.1 Å². The summed E-state index contributed by atoms with van der Waals surface area (Å²) in [6, 6.07) is 9.04. The summed E-state index contributed by atoms with van der Waals surface area (Å²) >= 11 is 3.10.